The molecule has 0 amide bonds. The second-order valence-electron chi connectivity index (χ2n) is 3.84. The van der Waals surface area contributed by atoms with Crippen LogP contribution < -0.4 is 35.3 Å². The van der Waals surface area contributed by atoms with Crippen LogP contribution in [0.3, 0.4) is 0 Å². The molecule has 0 aromatic rings. The average Bonchev–Trinajstić information content (AvgIpc) is 2.05. The van der Waals surface area contributed by atoms with Gasteiger partial charge in [0.2, 0.25) is 0 Å². The summed E-state index contributed by atoms with van der Waals surface area (Å²) in [5, 5.41) is 8.71. The first-order valence-corrected chi connectivity index (χ1v) is 4.60. The Kier molecular flexibility index (Phi) is 6.21. The molecule has 0 bridgehead atoms. The van der Waals surface area contributed by atoms with E-state index in [1.807, 2.05) is 0 Å². The van der Waals surface area contributed by atoms with E-state index >= 15 is 0 Å². The number of hydrogen-bond acceptors (Lipinski definition) is 2. The monoisotopic (exact) mass is 194 g/mol. The third-order valence-electron chi connectivity index (χ3n) is 2.87. The van der Waals surface area contributed by atoms with Crippen LogP contribution in [0.25, 0.3) is 0 Å². The van der Waals surface area contributed by atoms with E-state index in [0.29, 0.717) is 6.54 Å². The van der Waals surface area contributed by atoms with Crippen LogP contribution in [0.5, 0.6) is 0 Å². The molecule has 1 aliphatic carbocycles. The Morgan fingerprint density at radius 2 is 1.85 bits per heavy atom. The van der Waals surface area contributed by atoms with Crippen LogP contribution >= 0.6 is 0 Å². The van der Waals surface area contributed by atoms with Gasteiger partial charge in [-0.05, 0) is 24.8 Å². The van der Waals surface area contributed by atoms with Gasteiger partial charge in [-0.15, -0.1) is 0 Å². The fraction of sp³-hybridized carbons (Fsp3) is 0.889. The van der Waals surface area contributed by atoms with Crippen molar-refractivity contribution in [1.29, 1.82) is 0 Å². The third-order valence-corrected chi connectivity index (χ3v) is 2.87. The van der Waals surface area contributed by atoms with Gasteiger partial charge in [-0.2, -0.15) is 0 Å². The molecule has 0 spiro atoms. The van der Waals surface area contributed by atoms with E-state index in [1.165, 1.54) is 6.42 Å². The number of carboxylic acids is 1. The number of aliphatic carboxylic acids is 1. The first-order chi connectivity index (χ1) is 5.68. The van der Waals surface area contributed by atoms with Gasteiger partial charge >= 0.3 is 35.5 Å². The molecule has 3 nitrogen and oxygen atoms in total. The largest absolute Gasteiger partial charge is 1.00 e. The average molecular weight is 194 g/mol. The van der Waals surface area contributed by atoms with Crippen molar-refractivity contribution in [3.05, 3.63) is 0 Å². The van der Waals surface area contributed by atoms with Gasteiger partial charge in [0.05, 0.1) is 6.42 Å². The van der Waals surface area contributed by atoms with Crippen molar-refractivity contribution in [2.45, 2.75) is 38.5 Å². The summed E-state index contributed by atoms with van der Waals surface area (Å²) in [6.07, 6.45) is 5.77. The number of rotatable bonds is 3. The smallest absolute Gasteiger partial charge is 0.481 e. The van der Waals surface area contributed by atoms with Crippen molar-refractivity contribution in [1.82, 2.24) is 0 Å². The SMILES string of the molecule is NCC1(CC(=O)O)CCCCC1.[Na+]. The summed E-state index contributed by atoms with van der Waals surface area (Å²) in [4.78, 5) is 10.6. The second-order valence-corrected chi connectivity index (χ2v) is 3.84. The minimum atomic E-state index is -0.706. The van der Waals surface area contributed by atoms with E-state index in [2.05, 4.69) is 0 Å². The molecule has 0 saturated heterocycles. The van der Waals surface area contributed by atoms with Gasteiger partial charge in [0.15, 0.2) is 0 Å². The van der Waals surface area contributed by atoms with Crippen molar-refractivity contribution in [2.75, 3.05) is 6.54 Å². The molecule has 3 N–H and O–H groups in total. The number of hydrogen-bond donors (Lipinski definition) is 2. The molecular formula is C9H17NNaO2+. The summed E-state index contributed by atoms with van der Waals surface area (Å²) >= 11 is 0. The summed E-state index contributed by atoms with van der Waals surface area (Å²) in [5.74, 6) is -0.706. The second kappa shape index (κ2) is 6.02. The van der Waals surface area contributed by atoms with E-state index < -0.39 is 5.97 Å². The topological polar surface area (TPSA) is 63.3 Å². The van der Waals surface area contributed by atoms with Crippen molar-refractivity contribution in [2.24, 2.45) is 11.1 Å². The van der Waals surface area contributed by atoms with Crippen LogP contribution in [0, 0.1) is 5.41 Å². The van der Waals surface area contributed by atoms with Gasteiger partial charge in [-0.25, -0.2) is 0 Å². The predicted molar refractivity (Wildman–Crippen MR) is 46.8 cm³/mol. The maximum absolute atomic E-state index is 10.6. The molecular weight excluding hydrogens is 177 g/mol. The Labute approximate surface area is 101 Å². The first-order valence-electron chi connectivity index (χ1n) is 4.60. The molecule has 13 heavy (non-hydrogen) atoms. The zero-order valence-corrected chi connectivity index (χ0v) is 10.4. The van der Waals surface area contributed by atoms with Gasteiger partial charge in [0.1, 0.15) is 0 Å². The van der Waals surface area contributed by atoms with Gasteiger partial charge in [0, 0.05) is 0 Å². The van der Waals surface area contributed by atoms with Crippen LogP contribution in [0.4, 0.5) is 0 Å². The van der Waals surface area contributed by atoms with Gasteiger partial charge in [-0.3, -0.25) is 4.79 Å². The Balaban J connectivity index is 0.00000144. The van der Waals surface area contributed by atoms with Crippen LogP contribution in [0.2, 0.25) is 0 Å². The van der Waals surface area contributed by atoms with Crippen molar-refractivity contribution >= 4 is 5.97 Å². The zero-order chi connectivity index (χ0) is 9.03. The molecule has 0 atom stereocenters. The molecule has 0 aliphatic heterocycles. The Morgan fingerprint density at radius 1 is 1.31 bits per heavy atom. The van der Waals surface area contributed by atoms with E-state index in [1.54, 1.807) is 0 Å². The Morgan fingerprint density at radius 3 is 2.23 bits per heavy atom. The summed E-state index contributed by atoms with van der Waals surface area (Å²) in [6, 6.07) is 0. The minimum Gasteiger partial charge on any atom is -0.481 e. The van der Waals surface area contributed by atoms with Crippen molar-refractivity contribution in [3.8, 4) is 0 Å². The number of carboxylic acid groups (broad SMARTS) is 1. The third kappa shape index (κ3) is 3.98. The molecule has 0 radical (unpaired) electrons. The van der Waals surface area contributed by atoms with Crippen LogP contribution in [-0.4, -0.2) is 17.6 Å². The molecule has 4 heteroatoms. The molecule has 0 heterocycles. The van der Waals surface area contributed by atoms with E-state index in [0.717, 1.165) is 25.7 Å². The summed E-state index contributed by atoms with van der Waals surface area (Å²) in [5.41, 5.74) is 5.54. The maximum Gasteiger partial charge on any atom is 1.00 e. The quantitative estimate of drug-likeness (QED) is 0.530. The molecule has 1 fully saturated rings. The first kappa shape index (κ1) is 13.4. The fourth-order valence-electron chi connectivity index (χ4n) is 2.08. The van der Waals surface area contributed by atoms with Crippen LogP contribution in [0.15, 0.2) is 0 Å². The molecule has 1 rings (SSSR count). The van der Waals surface area contributed by atoms with Crippen LogP contribution in [0.1, 0.15) is 38.5 Å². The number of carbonyl (C=O) groups is 1. The van der Waals surface area contributed by atoms with Crippen molar-refractivity contribution < 1.29 is 39.5 Å². The number of nitrogens with two attached hydrogens (primary N) is 1. The standard InChI is InChI=1S/C9H17NO2.Na/c10-7-9(6-8(11)12)4-2-1-3-5-9;/h1-7,10H2,(H,11,12);/q;+1. The zero-order valence-electron chi connectivity index (χ0n) is 8.38. The van der Waals surface area contributed by atoms with Gasteiger partial charge in [0.25, 0.3) is 0 Å². The van der Waals surface area contributed by atoms with Gasteiger partial charge in [-0.1, -0.05) is 19.3 Å². The summed E-state index contributed by atoms with van der Waals surface area (Å²) in [6.45, 7) is 0.527. The van der Waals surface area contributed by atoms with Gasteiger partial charge < -0.3 is 10.8 Å². The summed E-state index contributed by atoms with van der Waals surface area (Å²) < 4.78 is 0. The Bertz CT molecular complexity index is 167. The van der Waals surface area contributed by atoms with E-state index in [4.69, 9.17) is 10.8 Å². The normalized spacial score (nSPS) is 20.4. The molecule has 1 aliphatic rings. The maximum atomic E-state index is 10.6. The van der Waals surface area contributed by atoms with E-state index in [-0.39, 0.29) is 41.4 Å². The van der Waals surface area contributed by atoms with Crippen molar-refractivity contribution in [3.63, 3.8) is 0 Å². The van der Waals surface area contributed by atoms with Crippen LogP contribution in [-0.2, 0) is 4.79 Å². The molecule has 1 saturated carbocycles. The van der Waals surface area contributed by atoms with E-state index in [9.17, 15) is 4.79 Å². The Hall–Kier alpha value is 0.430. The minimum absolute atomic E-state index is 0. The predicted octanol–water partition coefficient (Wildman–Crippen LogP) is -1.63. The molecule has 0 aromatic carbocycles. The molecule has 0 aromatic heterocycles. The fourth-order valence-corrected chi connectivity index (χ4v) is 2.08. The summed E-state index contributed by atoms with van der Waals surface area (Å²) in [7, 11) is 0. The molecule has 70 valence electrons. The molecule has 0 unspecified atom stereocenters.